The number of aromatic hydroxyl groups is 5. The number of carbonyl (C=O) groups excluding carboxylic acids is 2. The fourth-order valence-corrected chi connectivity index (χ4v) is 4.07. The van der Waals surface area contributed by atoms with E-state index in [1.54, 1.807) is 0 Å². The van der Waals surface area contributed by atoms with Crippen LogP contribution in [0.3, 0.4) is 0 Å². The molecular formula is C32H30O9. The molecule has 0 amide bonds. The van der Waals surface area contributed by atoms with Crippen LogP contribution in [0.2, 0.25) is 0 Å². The summed E-state index contributed by atoms with van der Waals surface area (Å²) in [5.41, 5.74) is 0.201. The van der Waals surface area contributed by atoms with Gasteiger partial charge in [0.05, 0.1) is 16.7 Å². The summed E-state index contributed by atoms with van der Waals surface area (Å²) in [5, 5.41) is 52.4. The van der Waals surface area contributed by atoms with Gasteiger partial charge in [-0.25, -0.2) is 4.79 Å². The van der Waals surface area contributed by atoms with E-state index in [2.05, 4.69) is 0 Å². The van der Waals surface area contributed by atoms with Gasteiger partial charge >= 0.3 is 11.9 Å². The van der Waals surface area contributed by atoms with Crippen LogP contribution in [0.15, 0.2) is 72.8 Å². The zero-order valence-electron chi connectivity index (χ0n) is 22.7. The predicted molar refractivity (Wildman–Crippen MR) is 151 cm³/mol. The summed E-state index contributed by atoms with van der Waals surface area (Å²) in [4.78, 5) is 26.1. The molecule has 0 saturated carbocycles. The SMILES string of the molecule is CC(C)[C@H](C)CC(=O)Oc1c(O)c(-c2ccc(O)cc2)c(OC(=O)c2ccc(O)cc2)c(O)c1-c1ccc(O)cc1. The molecule has 212 valence electrons. The molecule has 0 saturated heterocycles. The Balaban J connectivity index is 1.96. The van der Waals surface area contributed by atoms with Gasteiger partial charge in [-0.2, -0.15) is 0 Å². The van der Waals surface area contributed by atoms with E-state index in [1.165, 1.54) is 72.8 Å². The second-order valence-corrected chi connectivity index (χ2v) is 10.0. The molecule has 0 aliphatic rings. The normalized spacial score (nSPS) is 11.7. The number of benzene rings is 4. The molecule has 0 aliphatic heterocycles. The van der Waals surface area contributed by atoms with Gasteiger partial charge in [0.2, 0.25) is 0 Å². The maximum absolute atomic E-state index is 13.1. The van der Waals surface area contributed by atoms with Crippen LogP contribution in [0.5, 0.6) is 40.2 Å². The van der Waals surface area contributed by atoms with E-state index >= 15 is 0 Å². The minimum absolute atomic E-state index is 0.0268. The second-order valence-electron chi connectivity index (χ2n) is 10.0. The van der Waals surface area contributed by atoms with Crippen molar-refractivity contribution in [1.82, 2.24) is 0 Å². The Hall–Kier alpha value is -5.18. The summed E-state index contributed by atoms with van der Waals surface area (Å²) in [6, 6.07) is 16.3. The van der Waals surface area contributed by atoms with Gasteiger partial charge in [0.1, 0.15) is 17.2 Å². The van der Waals surface area contributed by atoms with Crippen molar-refractivity contribution in [3.8, 4) is 62.5 Å². The molecule has 0 spiro atoms. The molecule has 4 aromatic rings. The lowest BCUT2D eigenvalue weighted by Crippen LogP contribution is -2.16. The average Bonchev–Trinajstić information content (AvgIpc) is 2.93. The molecule has 5 N–H and O–H groups in total. The van der Waals surface area contributed by atoms with E-state index in [-0.39, 0.29) is 69.1 Å². The lowest BCUT2D eigenvalue weighted by atomic mass is 9.94. The first kappa shape index (κ1) is 28.8. The Morgan fingerprint density at radius 2 is 1.00 bits per heavy atom. The highest BCUT2D eigenvalue weighted by atomic mass is 16.6. The van der Waals surface area contributed by atoms with E-state index < -0.39 is 29.2 Å². The molecule has 0 aromatic heterocycles. The quantitative estimate of drug-likeness (QED) is 0.0944. The highest BCUT2D eigenvalue weighted by molar-refractivity contribution is 5.98. The molecule has 1 atom stereocenters. The first-order valence-corrected chi connectivity index (χ1v) is 12.9. The van der Waals surface area contributed by atoms with E-state index in [0.29, 0.717) is 0 Å². The molecule has 9 nitrogen and oxygen atoms in total. The lowest BCUT2D eigenvalue weighted by molar-refractivity contribution is -0.135. The highest BCUT2D eigenvalue weighted by Crippen LogP contribution is 2.56. The van der Waals surface area contributed by atoms with E-state index in [1.807, 2.05) is 20.8 Å². The summed E-state index contributed by atoms with van der Waals surface area (Å²) < 4.78 is 11.3. The minimum atomic E-state index is -0.910. The number of hydrogen-bond donors (Lipinski definition) is 5. The standard InChI is InChI=1S/C32H30O9/c1-17(2)18(3)16-25(36)40-30-26(19-4-10-22(33)11-5-19)29(38)31(41-32(39)21-8-14-24(35)15-9-21)27(28(30)37)20-6-12-23(34)13-7-20/h4-15,17-18,33-35,37-38H,16H2,1-3H3/t18-/m1/s1. The van der Waals surface area contributed by atoms with Gasteiger partial charge in [0.25, 0.3) is 0 Å². The third-order valence-corrected chi connectivity index (χ3v) is 6.81. The third kappa shape index (κ3) is 6.36. The maximum atomic E-state index is 13.1. The third-order valence-electron chi connectivity index (χ3n) is 6.81. The smallest absolute Gasteiger partial charge is 0.343 e. The van der Waals surface area contributed by atoms with Crippen LogP contribution in [0.25, 0.3) is 22.3 Å². The van der Waals surface area contributed by atoms with E-state index in [0.717, 1.165) is 0 Å². The van der Waals surface area contributed by atoms with Gasteiger partial charge in [-0.05, 0) is 71.5 Å². The van der Waals surface area contributed by atoms with Crippen LogP contribution in [0.1, 0.15) is 37.6 Å². The van der Waals surface area contributed by atoms with E-state index in [9.17, 15) is 35.1 Å². The van der Waals surface area contributed by atoms with Gasteiger partial charge in [0, 0.05) is 6.42 Å². The number of rotatable bonds is 8. The zero-order chi connectivity index (χ0) is 29.8. The largest absolute Gasteiger partial charge is 0.508 e. The second kappa shape index (κ2) is 11.9. The first-order valence-electron chi connectivity index (χ1n) is 12.9. The van der Waals surface area contributed by atoms with Gasteiger partial charge in [-0.15, -0.1) is 0 Å². The number of phenols is 5. The van der Waals surface area contributed by atoms with E-state index in [4.69, 9.17) is 9.47 Å². The Labute approximate surface area is 236 Å². The monoisotopic (exact) mass is 558 g/mol. The Kier molecular flexibility index (Phi) is 8.37. The summed E-state index contributed by atoms with van der Waals surface area (Å²) in [6.45, 7) is 5.81. The first-order chi connectivity index (χ1) is 19.5. The number of carbonyl (C=O) groups is 2. The summed E-state index contributed by atoms with van der Waals surface area (Å²) in [5.74, 6) is -3.69. The zero-order valence-corrected chi connectivity index (χ0v) is 22.7. The van der Waals surface area contributed by atoms with Crippen molar-refractivity contribution in [2.45, 2.75) is 27.2 Å². The predicted octanol–water partition coefficient (Wildman–Crippen LogP) is 6.36. The summed E-state index contributed by atoms with van der Waals surface area (Å²) >= 11 is 0. The van der Waals surface area contributed by atoms with Crippen molar-refractivity contribution in [2.75, 3.05) is 0 Å². The molecule has 4 aromatic carbocycles. The van der Waals surface area contributed by atoms with Crippen LogP contribution in [0.4, 0.5) is 0 Å². The van der Waals surface area contributed by atoms with Crippen molar-refractivity contribution in [3.05, 3.63) is 78.4 Å². The molecule has 0 aliphatic carbocycles. The van der Waals surface area contributed by atoms with Crippen LogP contribution < -0.4 is 9.47 Å². The molecule has 0 heterocycles. The van der Waals surface area contributed by atoms with Crippen molar-refractivity contribution in [2.24, 2.45) is 11.8 Å². The van der Waals surface area contributed by atoms with Crippen LogP contribution >= 0.6 is 0 Å². The number of phenolic OH excluding ortho intramolecular Hbond substituents is 5. The van der Waals surface area contributed by atoms with Crippen LogP contribution in [-0.2, 0) is 4.79 Å². The lowest BCUT2D eigenvalue weighted by Gasteiger charge is -2.22. The van der Waals surface area contributed by atoms with Gasteiger partial charge in [0.15, 0.2) is 23.0 Å². The maximum Gasteiger partial charge on any atom is 0.343 e. The highest BCUT2D eigenvalue weighted by Gasteiger charge is 2.31. The molecular weight excluding hydrogens is 528 g/mol. The Morgan fingerprint density at radius 1 is 0.610 bits per heavy atom. The van der Waals surface area contributed by atoms with Gasteiger partial charge < -0.3 is 35.0 Å². The topological polar surface area (TPSA) is 154 Å². The van der Waals surface area contributed by atoms with Crippen molar-refractivity contribution in [1.29, 1.82) is 0 Å². The average molecular weight is 559 g/mol. The molecule has 0 unspecified atom stereocenters. The number of hydrogen-bond acceptors (Lipinski definition) is 9. The van der Waals surface area contributed by atoms with Crippen molar-refractivity contribution in [3.63, 3.8) is 0 Å². The number of ether oxygens (including phenoxy) is 2. The minimum Gasteiger partial charge on any atom is -0.508 e. The molecule has 41 heavy (non-hydrogen) atoms. The Bertz CT molecular complexity index is 1560. The molecule has 9 heteroatoms. The van der Waals surface area contributed by atoms with Crippen molar-refractivity contribution < 1.29 is 44.6 Å². The van der Waals surface area contributed by atoms with Crippen LogP contribution in [-0.4, -0.2) is 37.5 Å². The Morgan fingerprint density at radius 3 is 1.41 bits per heavy atom. The summed E-state index contributed by atoms with van der Waals surface area (Å²) in [6.07, 6.45) is 0.0268. The van der Waals surface area contributed by atoms with Gasteiger partial charge in [-0.3, -0.25) is 4.79 Å². The number of esters is 2. The van der Waals surface area contributed by atoms with Crippen molar-refractivity contribution >= 4 is 11.9 Å². The molecule has 4 rings (SSSR count). The molecule has 0 radical (unpaired) electrons. The van der Waals surface area contributed by atoms with Crippen LogP contribution in [0, 0.1) is 11.8 Å². The summed E-state index contributed by atoms with van der Waals surface area (Å²) in [7, 11) is 0. The van der Waals surface area contributed by atoms with Gasteiger partial charge in [-0.1, -0.05) is 45.0 Å². The molecule has 0 bridgehead atoms. The fraction of sp³-hybridized carbons (Fsp3) is 0.188. The fourth-order valence-electron chi connectivity index (χ4n) is 4.07. The molecule has 0 fully saturated rings.